The molecule has 0 aliphatic carbocycles. The molecule has 0 aliphatic heterocycles. The van der Waals surface area contributed by atoms with E-state index in [-0.39, 0.29) is 0 Å². The average molecular weight is 256 g/mol. The van der Waals surface area contributed by atoms with Crippen molar-refractivity contribution < 1.29 is 4.74 Å². The number of hydrogen-bond donors (Lipinski definition) is 0. The molecule has 0 aliphatic rings. The second kappa shape index (κ2) is 5.83. The number of aromatic nitrogens is 2. The van der Waals surface area contributed by atoms with Crippen molar-refractivity contribution in [2.75, 3.05) is 7.11 Å². The molecule has 3 heteroatoms. The largest absolute Gasteiger partial charge is 0.480 e. The molecule has 100 valence electrons. The lowest BCUT2D eigenvalue weighted by molar-refractivity contribution is 0.400. The number of aryl methyl sites for hydroxylation is 1. The number of hydrogen-bond acceptors (Lipinski definition) is 3. The maximum atomic E-state index is 5.39. The van der Waals surface area contributed by atoms with E-state index in [1.807, 2.05) is 24.3 Å². The summed E-state index contributed by atoms with van der Waals surface area (Å²) in [5, 5.41) is 0.938. The molecule has 0 fully saturated rings. The summed E-state index contributed by atoms with van der Waals surface area (Å²) < 4.78 is 5.39. The van der Waals surface area contributed by atoms with Gasteiger partial charge in [-0.05, 0) is 30.0 Å². The number of fused-ring (bicyclic) bond motifs is 1. The standard InChI is InChI=1S/C16H20N2O/c1-5-12-7-8-14-13(10-12)16(19-4)18-15(17-14)9-6-11(2)3/h5,7-8,10-11H,1,6,9H2,2-4H3. The lowest BCUT2D eigenvalue weighted by Gasteiger charge is -2.09. The third-order valence-corrected chi connectivity index (χ3v) is 3.11. The van der Waals surface area contributed by atoms with Crippen LogP contribution < -0.4 is 4.74 Å². The monoisotopic (exact) mass is 256 g/mol. The second-order valence-corrected chi connectivity index (χ2v) is 5.06. The van der Waals surface area contributed by atoms with Gasteiger partial charge < -0.3 is 4.74 Å². The molecule has 0 amide bonds. The minimum atomic E-state index is 0.646. The molecule has 19 heavy (non-hydrogen) atoms. The Labute approximate surface area is 114 Å². The molecule has 2 rings (SSSR count). The molecule has 0 saturated carbocycles. The Morgan fingerprint density at radius 2 is 2.11 bits per heavy atom. The SMILES string of the molecule is C=Cc1ccc2nc(CCC(C)C)nc(OC)c2c1. The first-order chi connectivity index (χ1) is 9.13. The first-order valence-corrected chi connectivity index (χ1v) is 6.61. The Kier molecular flexibility index (Phi) is 4.15. The van der Waals surface area contributed by atoms with Crippen molar-refractivity contribution in [3.8, 4) is 5.88 Å². The smallest absolute Gasteiger partial charge is 0.224 e. The van der Waals surface area contributed by atoms with Crippen LogP contribution in [0.4, 0.5) is 0 Å². The molecule has 0 unspecified atom stereocenters. The third kappa shape index (κ3) is 3.11. The first-order valence-electron chi connectivity index (χ1n) is 6.61. The molecule has 1 heterocycles. The maximum absolute atomic E-state index is 5.39. The van der Waals surface area contributed by atoms with Gasteiger partial charge in [-0.15, -0.1) is 0 Å². The van der Waals surface area contributed by atoms with E-state index in [2.05, 4.69) is 30.4 Å². The van der Waals surface area contributed by atoms with Crippen LogP contribution >= 0.6 is 0 Å². The molecule has 1 aromatic heterocycles. The molecular formula is C16H20N2O. The van der Waals surface area contributed by atoms with E-state index in [0.29, 0.717) is 11.8 Å². The van der Waals surface area contributed by atoms with Crippen molar-refractivity contribution in [1.82, 2.24) is 9.97 Å². The van der Waals surface area contributed by atoms with Gasteiger partial charge >= 0.3 is 0 Å². The van der Waals surface area contributed by atoms with E-state index in [0.717, 1.165) is 35.1 Å². The van der Waals surface area contributed by atoms with Crippen LogP contribution in [0.15, 0.2) is 24.8 Å². The molecule has 0 radical (unpaired) electrons. The van der Waals surface area contributed by atoms with Crippen LogP contribution in [0.5, 0.6) is 5.88 Å². The minimum absolute atomic E-state index is 0.646. The Morgan fingerprint density at radius 1 is 1.32 bits per heavy atom. The fraction of sp³-hybridized carbons (Fsp3) is 0.375. The van der Waals surface area contributed by atoms with Crippen molar-refractivity contribution in [2.24, 2.45) is 5.92 Å². The fourth-order valence-electron chi connectivity index (χ4n) is 1.98. The van der Waals surface area contributed by atoms with Crippen molar-refractivity contribution in [3.05, 3.63) is 36.2 Å². The van der Waals surface area contributed by atoms with Gasteiger partial charge in [-0.1, -0.05) is 32.6 Å². The highest BCUT2D eigenvalue weighted by Gasteiger charge is 2.09. The van der Waals surface area contributed by atoms with Crippen LogP contribution in [0.25, 0.3) is 17.0 Å². The number of methoxy groups -OCH3 is 1. The summed E-state index contributed by atoms with van der Waals surface area (Å²) in [5.41, 5.74) is 1.97. The van der Waals surface area contributed by atoms with Crippen LogP contribution in [0, 0.1) is 5.92 Å². The van der Waals surface area contributed by atoms with Gasteiger partial charge in [-0.2, -0.15) is 4.98 Å². The van der Waals surface area contributed by atoms with Gasteiger partial charge in [-0.25, -0.2) is 4.98 Å². The molecule has 0 spiro atoms. The molecule has 3 nitrogen and oxygen atoms in total. The molecule has 0 bridgehead atoms. The van der Waals surface area contributed by atoms with Crippen LogP contribution in [0.3, 0.4) is 0 Å². The van der Waals surface area contributed by atoms with E-state index in [1.54, 1.807) is 7.11 Å². The maximum Gasteiger partial charge on any atom is 0.224 e. The Morgan fingerprint density at radius 3 is 2.74 bits per heavy atom. The van der Waals surface area contributed by atoms with Gasteiger partial charge in [-0.3, -0.25) is 0 Å². The Balaban J connectivity index is 2.45. The summed E-state index contributed by atoms with van der Waals surface area (Å²) in [4.78, 5) is 9.10. The van der Waals surface area contributed by atoms with Gasteiger partial charge in [0.05, 0.1) is 18.0 Å². The summed E-state index contributed by atoms with van der Waals surface area (Å²) in [6.45, 7) is 8.18. The highest BCUT2D eigenvalue weighted by atomic mass is 16.5. The average Bonchev–Trinajstić information content (AvgIpc) is 2.43. The predicted molar refractivity (Wildman–Crippen MR) is 79.3 cm³/mol. The molecule has 0 atom stereocenters. The van der Waals surface area contributed by atoms with Crippen LogP contribution in [0.2, 0.25) is 0 Å². The number of nitrogens with zero attached hydrogens (tertiary/aromatic N) is 2. The fourth-order valence-corrected chi connectivity index (χ4v) is 1.98. The third-order valence-electron chi connectivity index (χ3n) is 3.11. The summed E-state index contributed by atoms with van der Waals surface area (Å²) in [5.74, 6) is 2.14. The van der Waals surface area contributed by atoms with Gasteiger partial charge in [0, 0.05) is 6.42 Å². The zero-order valence-corrected chi connectivity index (χ0v) is 11.8. The quantitative estimate of drug-likeness (QED) is 0.814. The molecular weight excluding hydrogens is 236 g/mol. The van der Waals surface area contributed by atoms with Crippen LogP contribution in [-0.4, -0.2) is 17.1 Å². The molecule has 2 aromatic rings. The first kappa shape index (κ1) is 13.5. The van der Waals surface area contributed by atoms with Crippen molar-refractivity contribution in [3.63, 3.8) is 0 Å². The zero-order valence-electron chi connectivity index (χ0n) is 11.8. The molecule has 0 N–H and O–H groups in total. The summed E-state index contributed by atoms with van der Waals surface area (Å²) >= 11 is 0. The predicted octanol–water partition coefficient (Wildman–Crippen LogP) is 3.87. The summed E-state index contributed by atoms with van der Waals surface area (Å²) in [6.07, 6.45) is 3.78. The highest BCUT2D eigenvalue weighted by Crippen LogP contribution is 2.24. The Hall–Kier alpha value is -1.90. The topological polar surface area (TPSA) is 35.0 Å². The Bertz CT molecular complexity index is 591. The second-order valence-electron chi connectivity index (χ2n) is 5.06. The molecule has 0 saturated heterocycles. The van der Waals surface area contributed by atoms with Gasteiger partial charge in [0.25, 0.3) is 0 Å². The van der Waals surface area contributed by atoms with E-state index in [4.69, 9.17) is 4.74 Å². The van der Waals surface area contributed by atoms with E-state index in [1.165, 1.54) is 0 Å². The normalized spacial score (nSPS) is 10.9. The lowest BCUT2D eigenvalue weighted by atomic mass is 10.1. The highest BCUT2D eigenvalue weighted by molar-refractivity contribution is 5.85. The summed E-state index contributed by atoms with van der Waals surface area (Å²) in [7, 11) is 1.65. The van der Waals surface area contributed by atoms with E-state index in [9.17, 15) is 0 Å². The van der Waals surface area contributed by atoms with E-state index < -0.39 is 0 Å². The van der Waals surface area contributed by atoms with Gasteiger partial charge in [0.1, 0.15) is 5.82 Å². The summed E-state index contributed by atoms with van der Waals surface area (Å²) in [6, 6.07) is 6.01. The zero-order chi connectivity index (χ0) is 13.8. The van der Waals surface area contributed by atoms with Crippen LogP contribution in [-0.2, 0) is 6.42 Å². The number of rotatable bonds is 5. The molecule has 1 aromatic carbocycles. The minimum Gasteiger partial charge on any atom is -0.480 e. The number of ether oxygens (including phenoxy) is 1. The van der Waals surface area contributed by atoms with Crippen molar-refractivity contribution in [1.29, 1.82) is 0 Å². The number of benzene rings is 1. The van der Waals surface area contributed by atoms with Crippen molar-refractivity contribution >= 4 is 17.0 Å². The lowest BCUT2D eigenvalue weighted by Crippen LogP contribution is -2.01. The van der Waals surface area contributed by atoms with Crippen molar-refractivity contribution in [2.45, 2.75) is 26.7 Å². The van der Waals surface area contributed by atoms with Gasteiger partial charge in [0.15, 0.2) is 0 Å². The van der Waals surface area contributed by atoms with E-state index >= 15 is 0 Å². The van der Waals surface area contributed by atoms with Gasteiger partial charge in [0.2, 0.25) is 5.88 Å². The van der Waals surface area contributed by atoms with Crippen LogP contribution in [0.1, 0.15) is 31.7 Å².